The second kappa shape index (κ2) is 12.4. The van der Waals surface area contributed by atoms with Crippen molar-refractivity contribution < 1.29 is 4.39 Å². The van der Waals surface area contributed by atoms with Crippen LogP contribution in [-0.2, 0) is 6.42 Å². The number of allylic oxidation sites excluding steroid dienone is 5. The molecule has 0 bridgehead atoms. The largest absolute Gasteiger partial charge is 0.398 e. The summed E-state index contributed by atoms with van der Waals surface area (Å²) in [6.07, 6.45) is 12.3. The zero-order valence-corrected chi connectivity index (χ0v) is 23.3. The second-order valence-electron chi connectivity index (χ2n) is 10.6. The number of aromatic nitrogens is 1. The lowest BCUT2D eigenvalue weighted by Crippen LogP contribution is -2.20. The van der Waals surface area contributed by atoms with Gasteiger partial charge in [-0.1, -0.05) is 61.7 Å². The van der Waals surface area contributed by atoms with Gasteiger partial charge in [0.1, 0.15) is 5.82 Å². The highest BCUT2D eigenvalue weighted by molar-refractivity contribution is 5.99. The summed E-state index contributed by atoms with van der Waals surface area (Å²) >= 11 is 0. The van der Waals surface area contributed by atoms with Crippen LogP contribution < -0.4 is 5.73 Å². The predicted molar refractivity (Wildman–Crippen MR) is 170 cm³/mol. The monoisotopic (exact) mass is 531 g/mol. The van der Waals surface area contributed by atoms with E-state index in [0.717, 1.165) is 74.9 Å². The number of rotatable bonds is 10. The Morgan fingerprint density at radius 3 is 2.67 bits per heavy atom. The van der Waals surface area contributed by atoms with Gasteiger partial charge in [0.25, 0.3) is 0 Å². The SMILES string of the molecule is C=C/C=C\C(=C/C)c1ccc(N)c(C(=C)c2cc3c(-c4cc(F)cc(CCCN5CCCC5)c4)cccc3[nH]2)c1. The van der Waals surface area contributed by atoms with Crippen LogP contribution in [0.1, 0.15) is 48.6 Å². The van der Waals surface area contributed by atoms with Crippen molar-refractivity contribution in [1.82, 2.24) is 9.88 Å². The first kappa shape index (κ1) is 27.4. The van der Waals surface area contributed by atoms with Gasteiger partial charge in [0.2, 0.25) is 0 Å². The summed E-state index contributed by atoms with van der Waals surface area (Å²) < 4.78 is 14.8. The summed E-state index contributed by atoms with van der Waals surface area (Å²) in [4.78, 5) is 6.04. The lowest BCUT2D eigenvalue weighted by atomic mass is 9.95. The molecule has 0 spiro atoms. The molecule has 3 aromatic carbocycles. The zero-order valence-electron chi connectivity index (χ0n) is 23.3. The Morgan fingerprint density at radius 2 is 1.90 bits per heavy atom. The highest BCUT2D eigenvalue weighted by Crippen LogP contribution is 2.35. The molecule has 3 nitrogen and oxygen atoms in total. The van der Waals surface area contributed by atoms with Gasteiger partial charge in [-0.05, 0) is 116 Å². The van der Waals surface area contributed by atoms with E-state index in [1.54, 1.807) is 18.2 Å². The maximum absolute atomic E-state index is 14.8. The summed E-state index contributed by atoms with van der Waals surface area (Å²) in [5.41, 5.74) is 15.7. The molecule has 0 radical (unpaired) electrons. The molecule has 0 atom stereocenters. The summed E-state index contributed by atoms with van der Waals surface area (Å²) in [5.74, 6) is -0.194. The van der Waals surface area contributed by atoms with Crippen LogP contribution in [0.25, 0.3) is 33.2 Å². The Bertz CT molecular complexity index is 1600. The van der Waals surface area contributed by atoms with E-state index < -0.39 is 0 Å². The van der Waals surface area contributed by atoms with E-state index in [-0.39, 0.29) is 5.82 Å². The smallest absolute Gasteiger partial charge is 0.124 e. The molecule has 40 heavy (non-hydrogen) atoms. The number of hydrogen-bond donors (Lipinski definition) is 2. The topological polar surface area (TPSA) is 45.0 Å². The average molecular weight is 532 g/mol. The van der Waals surface area contributed by atoms with Gasteiger partial charge in [-0.15, -0.1) is 0 Å². The van der Waals surface area contributed by atoms with Crippen LogP contribution in [0.2, 0.25) is 0 Å². The van der Waals surface area contributed by atoms with E-state index in [9.17, 15) is 4.39 Å². The van der Waals surface area contributed by atoms with Crippen molar-refractivity contribution in [2.45, 2.75) is 32.6 Å². The number of nitrogens with two attached hydrogens (primary N) is 1. The van der Waals surface area contributed by atoms with Gasteiger partial charge in [0, 0.05) is 33.4 Å². The molecule has 2 heterocycles. The van der Waals surface area contributed by atoms with E-state index >= 15 is 0 Å². The number of H-pyrrole nitrogens is 1. The zero-order chi connectivity index (χ0) is 28.1. The van der Waals surface area contributed by atoms with Crippen LogP contribution in [-0.4, -0.2) is 29.5 Å². The molecule has 0 amide bonds. The fourth-order valence-electron chi connectivity index (χ4n) is 5.71. The van der Waals surface area contributed by atoms with Gasteiger partial charge >= 0.3 is 0 Å². The van der Waals surface area contributed by atoms with Crippen molar-refractivity contribution >= 4 is 27.7 Å². The Hall–Kier alpha value is -4.15. The van der Waals surface area contributed by atoms with Gasteiger partial charge < -0.3 is 15.6 Å². The molecule has 5 rings (SSSR count). The quantitative estimate of drug-likeness (QED) is 0.159. The first-order chi connectivity index (χ1) is 19.5. The van der Waals surface area contributed by atoms with Crippen LogP contribution in [0.4, 0.5) is 10.1 Å². The molecule has 1 saturated heterocycles. The highest BCUT2D eigenvalue weighted by Gasteiger charge is 2.15. The minimum absolute atomic E-state index is 0.194. The standard InChI is InChI=1S/C36H38FN3/c1-4-6-12-27(5-2)28-15-16-34(38)32(23-28)25(3)36-24-33-31(13-9-14-35(33)39-36)29-20-26(21-30(37)22-29)11-10-19-40-17-7-8-18-40/h4-6,9,12-16,20-24,39H,1,3,7-8,10-11,17-19,38H2,2H3/b12-6-,27-5+. The molecular weight excluding hydrogens is 493 g/mol. The second-order valence-corrected chi connectivity index (χ2v) is 10.6. The minimum Gasteiger partial charge on any atom is -0.398 e. The number of halogens is 1. The molecule has 0 aliphatic carbocycles. The summed E-state index contributed by atoms with van der Waals surface area (Å²) in [7, 11) is 0. The Kier molecular flexibility index (Phi) is 8.47. The lowest BCUT2D eigenvalue weighted by molar-refractivity contribution is 0.334. The van der Waals surface area contributed by atoms with Crippen LogP contribution in [0, 0.1) is 5.82 Å². The highest BCUT2D eigenvalue weighted by atomic mass is 19.1. The Balaban J connectivity index is 1.44. The number of anilines is 1. The van der Waals surface area contributed by atoms with E-state index in [2.05, 4.69) is 53.4 Å². The number of nitrogen functional groups attached to an aromatic ring is 1. The van der Waals surface area contributed by atoms with Gasteiger partial charge in [-0.25, -0.2) is 4.39 Å². The Morgan fingerprint density at radius 1 is 1.07 bits per heavy atom. The van der Waals surface area contributed by atoms with Crippen molar-refractivity contribution in [3.05, 3.63) is 126 Å². The maximum atomic E-state index is 14.8. The van der Waals surface area contributed by atoms with Gasteiger partial charge in [0.05, 0.1) is 0 Å². The molecule has 4 aromatic rings. The number of nitrogens with one attached hydrogen (secondary N) is 1. The summed E-state index contributed by atoms with van der Waals surface area (Å²) in [5, 5.41) is 1.03. The summed E-state index contributed by atoms with van der Waals surface area (Å²) in [6, 6.07) is 19.7. The van der Waals surface area contributed by atoms with Crippen LogP contribution in [0.3, 0.4) is 0 Å². The molecule has 1 aliphatic rings. The number of hydrogen-bond acceptors (Lipinski definition) is 2. The Labute approximate surface area is 237 Å². The van der Waals surface area contributed by atoms with E-state index in [0.29, 0.717) is 5.69 Å². The number of likely N-dealkylation sites (tertiary alicyclic amines) is 1. The third-order valence-electron chi connectivity index (χ3n) is 7.83. The summed E-state index contributed by atoms with van der Waals surface area (Å²) in [6.45, 7) is 13.7. The third-order valence-corrected chi connectivity index (χ3v) is 7.83. The van der Waals surface area contributed by atoms with Crippen molar-refractivity contribution in [1.29, 1.82) is 0 Å². The number of nitrogens with zero attached hydrogens (tertiary/aromatic N) is 1. The first-order valence-electron chi connectivity index (χ1n) is 14.2. The van der Waals surface area contributed by atoms with Crippen LogP contribution in [0.15, 0.2) is 98.1 Å². The number of aromatic amines is 1. The van der Waals surface area contributed by atoms with Gasteiger partial charge in [-0.3, -0.25) is 0 Å². The molecule has 4 heteroatoms. The average Bonchev–Trinajstić information content (AvgIpc) is 3.63. The normalized spacial score (nSPS) is 14.4. The van der Waals surface area contributed by atoms with Gasteiger partial charge in [-0.2, -0.15) is 0 Å². The molecule has 1 fully saturated rings. The van der Waals surface area contributed by atoms with Crippen LogP contribution in [0.5, 0.6) is 0 Å². The fraction of sp³-hybridized carbons (Fsp3) is 0.222. The first-order valence-corrected chi connectivity index (χ1v) is 14.2. The van der Waals surface area contributed by atoms with E-state index in [4.69, 9.17) is 5.73 Å². The fourth-order valence-corrected chi connectivity index (χ4v) is 5.71. The molecule has 0 unspecified atom stereocenters. The maximum Gasteiger partial charge on any atom is 0.124 e. The molecular formula is C36H38FN3. The minimum atomic E-state index is -0.194. The van der Waals surface area contributed by atoms with Crippen molar-refractivity contribution in [3.8, 4) is 11.1 Å². The van der Waals surface area contributed by atoms with Crippen molar-refractivity contribution in [3.63, 3.8) is 0 Å². The number of benzene rings is 3. The predicted octanol–water partition coefficient (Wildman–Crippen LogP) is 8.79. The van der Waals surface area contributed by atoms with Crippen molar-refractivity contribution in [2.24, 2.45) is 0 Å². The molecule has 204 valence electrons. The lowest BCUT2D eigenvalue weighted by Gasteiger charge is -2.14. The molecule has 1 aromatic heterocycles. The molecule has 3 N–H and O–H groups in total. The van der Waals surface area contributed by atoms with E-state index in [1.165, 1.54) is 25.9 Å². The third kappa shape index (κ3) is 6.03. The van der Waals surface area contributed by atoms with E-state index in [1.807, 2.05) is 43.3 Å². The molecule has 1 aliphatic heterocycles. The number of aryl methyl sites for hydroxylation is 1. The van der Waals surface area contributed by atoms with Gasteiger partial charge in [0.15, 0.2) is 0 Å². The van der Waals surface area contributed by atoms with Crippen molar-refractivity contribution in [2.75, 3.05) is 25.4 Å². The molecule has 0 saturated carbocycles. The van der Waals surface area contributed by atoms with Crippen LogP contribution >= 0.6 is 0 Å². The number of fused-ring (bicyclic) bond motifs is 1.